The Kier molecular flexibility index (Phi) is 6.14. The summed E-state index contributed by atoms with van der Waals surface area (Å²) in [6.07, 6.45) is 4.95. The monoisotopic (exact) mass is 287 g/mol. The van der Waals surface area contributed by atoms with Gasteiger partial charge >= 0.3 is 0 Å². The number of rotatable bonds is 7. The summed E-state index contributed by atoms with van der Waals surface area (Å²) in [5, 5.41) is 3.39. The van der Waals surface area contributed by atoms with Crippen LogP contribution >= 0.6 is 15.9 Å². The van der Waals surface area contributed by atoms with Crippen molar-refractivity contribution in [3.63, 3.8) is 0 Å². The van der Waals surface area contributed by atoms with Crippen LogP contribution in [0.25, 0.3) is 0 Å². The highest BCUT2D eigenvalue weighted by molar-refractivity contribution is 9.10. The zero-order valence-corrected chi connectivity index (χ0v) is 12.0. The summed E-state index contributed by atoms with van der Waals surface area (Å²) in [6.45, 7) is 4.49. The van der Waals surface area contributed by atoms with Crippen molar-refractivity contribution in [2.45, 2.75) is 45.6 Å². The van der Waals surface area contributed by atoms with Crippen LogP contribution in [0.15, 0.2) is 21.2 Å². The second-order valence-corrected chi connectivity index (χ2v) is 5.03. The van der Waals surface area contributed by atoms with Gasteiger partial charge in [0.1, 0.15) is 5.76 Å². The highest BCUT2D eigenvalue weighted by Crippen LogP contribution is 2.31. The van der Waals surface area contributed by atoms with Crippen molar-refractivity contribution in [2.24, 2.45) is 5.92 Å². The minimum absolute atomic E-state index is 0.339. The molecule has 0 spiro atoms. The van der Waals surface area contributed by atoms with E-state index in [1.807, 2.05) is 13.1 Å². The summed E-state index contributed by atoms with van der Waals surface area (Å²) in [5.74, 6) is 1.71. The van der Waals surface area contributed by atoms with Crippen LogP contribution < -0.4 is 5.32 Å². The maximum absolute atomic E-state index is 5.66. The van der Waals surface area contributed by atoms with E-state index in [0.717, 1.165) is 10.4 Å². The van der Waals surface area contributed by atoms with Crippen molar-refractivity contribution >= 4 is 15.9 Å². The summed E-state index contributed by atoms with van der Waals surface area (Å²) in [5.41, 5.74) is 0. The average molecular weight is 288 g/mol. The minimum Gasteiger partial charge on any atom is -0.453 e. The van der Waals surface area contributed by atoms with Crippen molar-refractivity contribution in [2.75, 3.05) is 7.05 Å². The molecule has 16 heavy (non-hydrogen) atoms. The van der Waals surface area contributed by atoms with Crippen LogP contribution in [0.1, 0.15) is 51.3 Å². The summed E-state index contributed by atoms with van der Waals surface area (Å²) >= 11 is 3.36. The SMILES string of the molecule is CCCC(CCC)C(NC)c1ccc(Br)o1. The Morgan fingerprint density at radius 1 is 1.25 bits per heavy atom. The van der Waals surface area contributed by atoms with Crippen molar-refractivity contribution in [1.29, 1.82) is 0 Å². The van der Waals surface area contributed by atoms with E-state index in [1.165, 1.54) is 25.7 Å². The van der Waals surface area contributed by atoms with Gasteiger partial charge in [0.15, 0.2) is 4.67 Å². The maximum atomic E-state index is 5.66. The number of hydrogen-bond donors (Lipinski definition) is 1. The van der Waals surface area contributed by atoms with E-state index in [9.17, 15) is 0 Å². The topological polar surface area (TPSA) is 25.2 Å². The third kappa shape index (κ3) is 3.63. The highest BCUT2D eigenvalue weighted by atomic mass is 79.9. The molecule has 1 aromatic rings. The fourth-order valence-corrected chi connectivity index (χ4v) is 2.64. The van der Waals surface area contributed by atoms with Crippen molar-refractivity contribution < 1.29 is 4.42 Å². The molecule has 0 aliphatic rings. The van der Waals surface area contributed by atoms with Gasteiger partial charge in [0, 0.05) is 0 Å². The lowest BCUT2D eigenvalue weighted by Crippen LogP contribution is -2.24. The third-order valence-corrected chi connectivity index (χ3v) is 3.43. The van der Waals surface area contributed by atoms with E-state index in [-0.39, 0.29) is 0 Å². The van der Waals surface area contributed by atoms with Crippen LogP contribution in [0.2, 0.25) is 0 Å². The lowest BCUT2D eigenvalue weighted by Gasteiger charge is -2.24. The first-order chi connectivity index (χ1) is 7.72. The number of hydrogen-bond acceptors (Lipinski definition) is 2. The van der Waals surface area contributed by atoms with E-state index in [0.29, 0.717) is 12.0 Å². The van der Waals surface area contributed by atoms with Crippen molar-refractivity contribution in [3.05, 3.63) is 22.6 Å². The molecule has 0 bridgehead atoms. The molecule has 0 aliphatic carbocycles. The molecule has 0 fully saturated rings. The molecule has 1 rings (SSSR count). The number of furan rings is 1. The third-order valence-electron chi connectivity index (χ3n) is 3.00. The van der Waals surface area contributed by atoms with Gasteiger partial charge in [-0.2, -0.15) is 0 Å². The predicted octanol–water partition coefficient (Wildman–Crippen LogP) is 4.52. The molecule has 3 heteroatoms. The molecule has 92 valence electrons. The summed E-state index contributed by atoms with van der Waals surface area (Å²) in [7, 11) is 2.01. The van der Waals surface area contributed by atoms with Crippen LogP contribution in [-0.4, -0.2) is 7.05 Å². The van der Waals surface area contributed by atoms with Gasteiger partial charge in [0.2, 0.25) is 0 Å². The molecule has 0 saturated carbocycles. The summed E-state index contributed by atoms with van der Waals surface area (Å²) in [4.78, 5) is 0. The van der Waals surface area contributed by atoms with E-state index >= 15 is 0 Å². The standard InChI is InChI=1S/C13H22BrNO/c1-4-6-10(7-5-2)13(15-3)11-8-9-12(14)16-11/h8-10,13,15H,4-7H2,1-3H3. The van der Waals surface area contributed by atoms with Crippen LogP contribution in [0.4, 0.5) is 0 Å². The lowest BCUT2D eigenvalue weighted by atomic mass is 9.89. The molecule has 1 unspecified atom stereocenters. The van der Waals surface area contributed by atoms with E-state index in [2.05, 4.69) is 41.2 Å². The second kappa shape index (κ2) is 7.13. The summed E-state index contributed by atoms with van der Waals surface area (Å²) in [6, 6.07) is 4.37. The van der Waals surface area contributed by atoms with Gasteiger partial charge in [-0.1, -0.05) is 26.7 Å². The molecule has 0 aliphatic heterocycles. The number of nitrogens with one attached hydrogen (secondary N) is 1. The first-order valence-corrected chi connectivity index (χ1v) is 6.94. The van der Waals surface area contributed by atoms with Gasteiger partial charge in [-0.25, -0.2) is 0 Å². The Labute approximate surface area is 107 Å². The molecule has 1 atom stereocenters. The van der Waals surface area contributed by atoms with Crippen LogP contribution in [0.5, 0.6) is 0 Å². The Hall–Kier alpha value is -0.280. The van der Waals surface area contributed by atoms with E-state index < -0.39 is 0 Å². The minimum atomic E-state index is 0.339. The Morgan fingerprint density at radius 3 is 2.25 bits per heavy atom. The molecular weight excluding hydrogens is 266 g/mol. The van der Waals surface area contributed by atoms with Gasteiger partial charge in [-0.3, -0.25) is 0 Å². The zero-order valence-electron chi connectivity index (χ0n) is 10.4. The van der Waals surface area contributed by atoms with Crippen LogP contribution in [-0.2, 0) is 0 Å². The maximum Gasteiger partial charge on any atom is 0.169 e. The first kappa shape index (κ1) is 13.8. The van der Waals surface area contributed by atoms with Gasteiger partial charge in [-0.15, -0.1) is 0 Å². The first-order valence-electron chi connectivity index (χ1n) is 6.15. The molecule has 1 aromatic heterocycles. The second-order valence-electron chi connectivity index (χ2n) is 4.25. The predicted molar refractivity (Wildman–Crippen MR) is 71.5 cm³/mol. The molecule has 0 amide bonds. The highest BCUT2D eigenvalue weighted by Gasteiger charge is 2.22. The molecule has 2 nitrogen and oxygen atoms in total. The molecule has 1 heterocycles. The zero-order chi connectivity index (χ0) is 12.0. The Balaban J connectivity index is 2.76. The fraction of sp³-hybridized carbons (Fsp3) is 0.692. The number of halogens is 1. The fourth-order valence-electron chi connectivity index (χ4n) is 2.32. The Bertz CT molecular complexity index is 292. The van der Waals surface area contributed by atoms with Gasteiger partial charge in [-0.05, 0) is 53.9 Å². The normalized spacial score (nSPS) is 13.3. The Morgan fingerprint density at radius 2 is 1.88 bits per heavy atom. The molecule has 0 radical (unpaired) electrons. The van der Waals surface area contributed by atoms with Gasteiger partial charge in [0.25, 0.3) is 0 Å². The average Bonchev–Trinajstić information content (AvgIpc) is 2.67. The molecule has 0 saturated heterocycles. The summed E-state index contributed by atoms with van der Waals surface area (Å²) < 4.78 is 6.48. The quantitative estimate of drug-likeness (QED) is 0.798. The van der Waals surface area contributed by atoms with E-state index in [1.54, 1.807) is 0 Å². The van der Waals surface area contributed by atoms with Crippen molar-refractivity contribution in [1.82, 2.24) is 5.32 Å². The lowest BCUT2D eigenvalue weighted by molar-refractivity contribution is 0.286. The molecule has 0 aromatic carbocycles. The largest absolute Gasteiger partial charge is 0.453 e. The molecular formula is C13H22BrNO. The van der Waals surface area contributed by atoms with Crippen molar-refractivity contribution in [3.8, 4) is 0 Å². The smallest absolute Gasteiger partial charge is 0.169 e. The van der Waals surface area contributed by atoms with Crippen LogP contribution in [0.3, 0.4) is 0 Å². The van der Waals surface area contributed by atoms with Crippen LogP contribution in [0, 0.1) is 5.92 Å². The van der Waals surface area contributed by atoms with Gasteiger partial charge < -0.3 is 9.73 Å². The molecule has 1 N–H and O–H groups in total. The van der Waals surface area contributed by atoms with E-state index in [4.69, 9.17) is 4.42 Å². The van der Waals surface area contributed by atoms with Gasteiger partial charge in [0.05, 0.1) is 6.04 Å².